The van der Waals surface area contributed by atoms with Gasteiger partial charge in [-0.15, -0.1) is 0 Å². The lowest BCUT2D eigenvalue weighted by Gasteiger charge is -2.22. The van der Waals surface area contributed by atoms with Crippen molar-refractivity contribution in [2.75, 3.05) is 30.7 Å². The Labute approximate surface area is 126 Å². The number of nitrogens with one attached hydrogen (secondary N) is 1. The van der Waals surface area contributed by atoms with E-state index in [4.69, 9.17) is 17.3 Å². The van der Waals surface area contributed by atoms with Gasteiger partial charge in [-0.1, -0.05) is 18.5 Å². The highest BCUT2D eigenvalue weighted by Gasteiger charge is 2.31. The lowest BCUT2D eigenvalue weighted by atomic mass is 10.2. The molecule has 0 saturated heterocycles. The molecule has 0 aliphatic heterocycles. The molecule has 1 aromatic rings. The van der Waals surface area contributed by atoms with E-state index < -0.39 is 18.6 Å². The molecule has 0 aromatic heterocycles. The van der Waals surface area contributed by atoms with E-state index in [1.807, 2.05) is 0 Å². The second kappa shape index (κ2) is 7.51. The third-order valence-electron chi connectivity index (χ3n) is 2.60. The second-order valence-electron chi connectivity index (χ2n) is 4.61. The van der Waals surface area contributed by atoms with Crippen LogP contribution in [0.4, 0.5) is 24.5 Å². The van der Waals surface area contributed by atoms with Gasteiger partial charge < -0.3 is 11.1 Å². The second-order valence-corrected chi connectivity index (χ2v) is 5.04. The normalized spacial score (nSPS) is 11.7. The van der Waals surface area contributed by atoms with Crippen LogP contribution in [0.5, 0.6) is 0 Å². The van der Waals surface area contributed by atoms with Crippen LogP contribution in [0, 0.1) is 0 Å². The minimum Gasteiger partial charge on any atom is -0.397 e. The molecule has 0 saturated carbocycles. The quantitative estimate of drug-likeness (QED) is 0.791. The van der Waals surface area contributed by atoms with Crippen LogP contribution in [-0.2, 0) is 4.79 Å². The van der Waals surface area contributed by atoms with Gasteiger partial charge in [0.15, 0.2) is 0 Å². The van der Waals surface area contributed by atoms with Crippen LogP contribution >= 0.6 is 11.6 Å². The van der Waals surface area contributed by atoms with Crippen molar-refractivity contribution >= 4 is 28.9 Å². The molecule has 0 aliphatic carbocycles. The van der Waals surface area contributed by atoms with Crippen molar-refractivity contribution in [1.29, 1.82) is 0 Å². The zero-order valence-electron chi connectivity index (χ0n) is 11.5. The van der Waals surface area contributed by atoms with Gasteiger partial charge in [-0.25, -0.2) is 0 Å². The predicted octanol–water partition coefficient (Wildman–Crippen LogP) is 3.14. The number of hydrogen-bond acceptors (Lipinski definition) is 3. The molecule has 0 atom stereocenters. The van der Waals surface area contributed by atoms with Gasteiger partial charge in [0.2, 0.25) is 5.91 Å². The van der Waals surface area contributed by atoms with Crippen LogP contribution in [0.15, 0.2) is 18.2 Å². The van der Waals surface area contributed by atoms with Gasteiger partial charge in [0.25, 0.3) is 0 Å². The molecule has 3 N–H and O–H groups in total. The van der Waals surface area contributed by atoms with Gasteiger partial charge in [-0.05, 0) is 31.2 Å². The maximum atomic E-state index is 12.4. The SMILES string of the molecule is CCCN(CC(=O)Nc1cc(Cl)ccc1N)CC(F)(F)F. The number of nitrogen functional groups attached to an aromatic ring is 1. The number of nitrogens with zero attached hydrogens (tertiary/aromatic N) is 1. The van der Waals surface area contributed by atoms with E-state index in [-0.39, 0.29) is 18.8 Å². The van der Waals surface area contributed by atoms with Crippen LogP contribution in [0.1, 0.15) is 13.3 Å². The average Bonchev–Trinajstić information content (AvgIpc) is 2.32. The summed E-state index contributed by atoms with van der Waals surface area (Å²) >= 11 is 5.78. The van der Waals surface area contributed by atoms with Crippen LogP contribution in [0.2, 0.25) is 5.02 Å². The van der Waals surface area contributed by atoms with E-state index >= 15 is 0 Å². The largest absolute Gasteiger partial charge is 0.401 e. The summed E-state index contributed by atoms with van der Waals surface area (Å²) in [5.41, 5.74) is 6.25. The van der Waals surface area contributed by atoms with E-state index in [1.165, 1.54) is 12.1 Å². The Morgan fingerprint density at radius 3 is 2.67 bits per heavy atom. The lowest BCUT2D eigenvalue weighted by molar-refractivity contribution is -0.147. The van der Waals surface area contributed by atoms with Crippen molar-refractivity contribution < 1.29 is 18.0 Å². The maximum Gasteiger partial charge on any atom is 0.401 e. The fourth-order valence-corrected chi connectivity index (χ4v) is 1.99. The van der Waals surface area contributed by atoms with Crippen LogP contribution in [-0.4, -0.2) is 36.6 Å². The minimum atomic E-state index is -4.34. The number of nitrogens with two attached hydrogens (primary N) is 1. The zero-order valence-corrected chi connectivity index (χ0v) is 12.3. The number of hydrogen-bond donors (Lipinski definition) is 2. The molecule has 0 spiro atoms. The molecule has 8 heteroatoms. The Balaban J connectivity index is 2.67. The highest BCUT2D eigenvalue weighted by molar-refractivity contribution is 6.31. The summed E-state index contributed by atoms with van der Waals surface area (Å²) in [5, 5.41) is 2.84. The van der Waals surface area contributed by atoms with Gasteiger partial charge in [0.1, 0.15) is 0 Å². The Hall–Kier alpha value is -1.47. The number of benzene rings is 1. The van der Waals surface area contributed by atoms with Crippen LogP contribution in [0.3, 0.4) is 0 Å². The van der Waals surface area contributed by atoms with E-state index in [9.17, 15) is 18.0 Å². The molecule has 1 rings (SSSR count). The molecule has 0 aliphatic rings. The third-order valence-corrected chi connectivity index (χ3v) is 2.83. The molecule has 0 fully saturated rings. The molecule has 1 amide bonds. The fraction of sp³-hybridized carbons (Fsp3) is 0.462. The third kappa shape index (κ3) is 6.68. The highest BCUT2D eigenvalue weighted by Crippen LogP contribution is 2.23. The van der Waals surface area contributed by atoms with E-state index in [1.54, 1.807) is 13.0 Å². The molecular weight excluding hydrogens is 307 g/mol. The molecule has 0 bridgehead atoms. The first-order chi connectivity index (χ1) is 9.71. The lowest BCUT2D eigenvalue weighted by Crippen LogP contribution is -2.40. The van der Waals surface area contributed by atoms with Gasteiger partial charge >= 0.3 is 6.18 Å². The average molecular weight is 324 g/mol. The maximum absolute atomic E-state index is 12.4. The zero-order chi connectivity index (χ0) is 16.0. The van der Waals surface area contributed by atoms with E-state index in [0.717, 1.165) is 4.90 Å². The van der Waals surface area contributed by atoms with Crippen molar-refractivity contribution in [3.63, 3.8) is 0 Å². The first-order valence-corrected chi connectivity index (χ1v) is 6.73. The van der Waals surface area contributed by atoms with E-state index in [0.29, 0.717) is 17.1 Å². The first kappa shape index (κ1) is 17.6. The monoisotopic (exact) mass is 323 g/mol. The topological polar surface area (TPSA) is 58.4 Å². The standard InChI is InChI=1S/C13H17ClF3N3O/c1-2-5-20(8-13(15,16)17)7-12(21)19-11-6-9(14)3-4-10(11)18/h3-4,6H,2,5,7-8,18H2,1H3,(H,19,21). The van der Waals surface area contributed by atoms with Gasteiger partial charge in [0, 0.05) is 5.02 Å². The number of anilines is 2. The Morgan fingerprint density at radius 2 is 2.10 bits per heavy atom. The number of carbonyl (C=O) groups excluding carboxylic acids is 1. The van der Waals surface area contributed by atoms with Crippen molar-refractivity contribution in [2.24, 2.45) is 0 Å². The van der Waals surface area contributed by atoms with Gasteiger partial charge in [-0.2, -0.15) is 13.2 Å². The molecule has 0 heterocycles. The molecule has 21 heavy (non-hydrogen) atoms. The summed E-state index contributed by atoms with van der Waals surface area (Å²) in [7, 11) is 0. The number of carbonyl (C=O) groups is 1. The number of rotatable bonds is 6. The molecule has 0 radical (unpaired) electrons. The Kier molecular flexibility index (Phi) is 6.29. The first-order valence-electron chi connectivity index (χ1n) is 6.35. The molecular formula is C13H17ClF3N3O. The highest BCUT2D eigenvalue weighted by atomic mass is 35.5. The summed E-state index contributed by atoms with van der Waals surface area (Å²) in [5.74, 6) is -0.568. The predicted molar refractivity (Wildman–Crippen MR) is 77.3 cm³/mol. The Morgan fingerprint density at radius 1 is 1.43 bits per heavy atom. The minimum absolute atomic E-state index is 0.179. The fourth-order valence-electron chi connectivity index (χ4n) is 1.81. The van der Waals surface area contributed by atoms with E-state index in [2.05, 4.69) is 5.32 Å². The number of alkyl halides is 3. The van der Waals surface area contributed by atoms with Gasteiger partial charge in [0.05, 0.1) is 24.5 Å². The summed E-state index contributed by atoms with van der Waals surface area (Å²) in [6.45, 7) is 0.437. The van der Waals surface area contributed by atoms with Crippen LogP contribution in [0.25, 0.3) is 0 Å². The number of halogens is 4. The van der Waals surface area contributed by atoms with Crippen molar-refractivity contribution in [3.8, 4) is 0 Å². The summed E-state index contributed by atoms with van der Waals surface area (Å²) in [4.78, 5) is 12.9. The molecule has 4 nitrogen and oxygen atoms in total. The van der Waals surface area contributed by atoms with Crippen LogP contribution < -0.4 is 11.1 Å². The molecule has 1 aromatic carbocycles. The molecule has 0 unspecified atom stereocenters. The van der Waals surface area contributed by atoms with Crippen molar-refractivity contribution in [1.82, 2.24) is 4.90 Å². The number of amides is 1. The summed E-state index contributed by atoms with van der Waals surface area (Å²) in [6, 6.07) is 4.51. The van der Waals surface area contributed by atoms with Gasteiger partial charge in [-0.3, -0.25) is 9.69 Å². The summed E-state index contributed by atoms with van der Waals surface area (Å²) in [6.07, 6.45) is -3.83. The smallest absolute Gasteiger partial charge is 0.397 e. The Bertz CT molecular complexity index is 494. The van der Waals surface area contributed by atoms with Crippen molar-refractivity contribution in [2.45, 2.75) is 19.5 Å². The molecule has 118 valence electrons. The summed E-state index contributed by atoms with van der Waals surface area (Å²) < 4.78 is 37.2. The van der Waals surface area contributed by atoms with Crippen molar-refractivity contribution in [3.05, 3.63) is 23.2 Å².